The molecule has 2 saturated heterocycles. The van der Waals surface area contributed by atoms with Crippen molar-refractivity contribution in [3.63, 3.8) is 0 Å². The topological polar surface area (TPSA) is 103 Å². The first-order valence-corrected chi connectivity index (χ1v) is 15.9. The maximum Gasteiger partial charge on any atom is 0.417 e. The predicted molar refractivity (Wildman–Crippen MR) is 176 cm³/mol. The van der Waals surface area contributed by atoms with Crippen molar-refractivity contribution in [2.24, 2.45) is 0 Å². The van der Waals surface area contributed by atoms with Crippen LogP contribution in [0.5, 0.6) is 5.75 Å². The van der Waals surface area contributed by atoms with Crippen molar-refractivity contribution >= 4 is 33.7 Å². The highest BCUT2D eigenvalue weighted by Gasteiger charge is 2.44. The number of amides is 1. The van der Waals surface area contributed by atoms with E-state index >= 15 is 4.39 Å². The summed E-state index contributed by atoms with van der Waals surface area (Å²) in [6.07, 6.45) is -4.28. The van der Waals surface area contributed by atoms with Crippen LogP contribution in [0, 0.1) is 35.9 Å². The maximum atomic E-state index is 17.0. The lowest BCUT2D eigenvalue weighted by Gasteiger charge is -2.52. The molecule has 0 aliphatic carbocycles. The molecule has 2 atom stereocenters. The van der Waals surface area contributed by atoms with E-state index in [0.717, 1.165) is 6.07 Å². The van der Waals surface area contributed by atoms with Crippen LogP contribution in [0.15, 0.2) is 24.3 Å². The minimum atomic E-state index is -4.95. The monoisotopic (exact) mass is 676 g/mol. The maximum absolute atomic E-state index is 17.0. The number of hydrogen-bond acceptors (Lipinski definition) is 8. The van der Waals surface area contributed by atoms with Crippen molar-refractivity contribution in [1.82, 2.24) is 29.8 Å². The van der Waals surface area contributed by atoms with E-state index in [1.807, 2.05) is 19.0 Å². The number of hydrogen-bond donors (Lipinski definition) is 0. The van der Waals surface area contributed by atoms with Gasteiger partial charge in [-0.3, -0.25) is 4.79 Å². The number of aryl methyl sites for hydroxylation is 1. The number of para-hydroxylation sites is 1. The summed E-state index contributed by atoms with van der Waals surface area (Å²) in [5.41, 5.74) is -1.36. The molecule has 2 aromatic carbocycles. The molecule has 1 amide bonds. The van der Waals surface area contributed by atoms with Crippen molar-refractivity contribution in [2.75, 3.05) is 45.7 Å². The van der Waals surface area contributed by atoms with Gasteiger partial charge in [-0.25, -0.2) is 14.1 Å². The molecule has 1 unspecified atom stereocenters. The third-order valence-electron chi connectivity index (χ3n) is 9.91. The number of fused-ring (bicyclic) bond motifs is 3. The highest BCUT2D eigenvalue weighted by Crippen LogP contribution is 2.47. The third kappa shape index (κ3) is 5.68. The number of likely N-dealkylation sites (tertiary alicyclic amines) is 1. The van der Waals surface area contributed by atoms with E-state index in [9.17, 15) is 23.2 Å². The molecule has 2 aliphatic heterocycles. The minimum absolute atomic E-state index is 0.0270. The molecule has 0 radical (unpaired) electrons. The van der Waals surface area contributed by atoms with Crippen molar-refractivity contribution in [1.29, 1.82) is 5.26 Å². The number of ether oxygens (including phenoxy) is 1. The largest absolute Gasteiger partial charge is 0.496 e. The number of pyridine rings is 1. The predicted octanol–water partition coefficient (Wildman–Crippen LogP) is 5.73. The first-order valence-electron chi connectivity index (χ1n) is 15.9. The highest BCUT2D eigenvalue weighted by molar-refractivity contribution is 6.09. The molecule has 4 aromatic rings. The highest BCUT2D eigenvalue weighted by atomic mass is 19.4. The molecule has 0 saturated carbocycles. The lowest BCUT2D eigenvalue weighted by atomic mass is 9.90. The summed E-state index contributed by atoms with van der Waals surface area (Å²) in [5.74, 6) is 4.03. The second-order valence-electron chi connectivity index (χ2n) is 13.1. The van der Waals surface area contributed by atoms with Crippen LogP contribution in [0.1, 0.15) is 50.3 Å². The SMILES string of the molecule is CC#CC(=O)N1CCC(n2nnc3c(N4CC(C)(N(C)C)C4)nc4c(F)c(-c5cccc(C)c5OC)c(C(F)(F)F)cc4c32)C[C@H]1CC#N. The Kier molecular flexibility index (Phi) is 8.65. The molecule has 0 bridgehead atoms. The fraction of sp³-hybridized carbons (Fsp3) is 0.457. The van der Waals surface area contributed by atoms with Gasteiger partial charge in [-0.2, -0.15) is 18.4 Å². The van der Waals surface area contributed by atoms with Crippen LogP contribution in [-0.4, -0.2) is 88.1 Å². The van der Waals surface area contributed by atoms with Crippen LogP contribution in [0.25, 0.3) is 33.1 Å². The average Bonchev–Trinajstić information content (AvgIpc) is 3.48. The Morgan fingerprint density at radius 1 is 1.22 bits per heavy atom. The fourth-order valence-corrected chi connectivity index (χ4v) is 7.07. The van der Waals surface area contributed by atoms with Gasteiger partial charge in [0.05, 0.1) is 36.7 Å². The van der Waals surface area contributed by atoms with Gasteiger partial charge in [0.15, 0.2) is 17.2 Å². The summed E-state index contributed by atoms with van der Waals surface area (Å²) in [5, 5.41) is 18.4. The van der Waals surface area contributed by atoms with Gasteiger partial charge >= 0.3 is 6.18 Å². The average molecular weight is 677 g/mol. The quantitative estimate of drug-likeness (QED) is 0.189. The first kappa shape index (κ1) is 33.9. The number of nitrogens with zero attached hydrogens (tertiary/aromatic N) is 8. The molecule has 0 spiro atoms. The van der Waals surface area contributed by atoms with Crippen molar-refractivity contribution < 1.29 is 27.1 Å². The second kappa shape index (κ2) is 12.5. The Hall–Kier alpha value is -4.95. The van der Waals surface area contributed by atoms with Crippen molar-refractivity contribution in [3.8, 4) is 34.8 Å². The number of piperidine rings is 1. The van der Waals surface area contributed by atoms with E-state index in [4.69, 9.17) is 9.72 Å². The van der Waals surface area contributed by atoms with E-state index in [1.54, 1.807) is 30.9 Å². The zero-order valence-corrected chi connectivity index (χ0v) is 28.1. The van der Waals surface area contributed by atoms with E-state index < -0.39 is 41.1 Å². The molecular formula is C35H36F4N8O2. The number of benzene rings is 2. The summed E-state index contributed by atoms with van der Waals surface area (Å²) in [6, 6.07) is 6.72. The summed E-state index contributed by atoms with van der Waals surface area (Å²) >= 11 is 0. The standard InChI is InChI=1S/C35H36F4N8O2/c1-7-9-26(48)46-15-13-22(16-21(46)12-14-40)47-31-24-17-25(35(37,38)39)27(23-11-8-10-20(2)32(23)49-6)28(36)29(24)41-33(30(31)42-43-47)45-18-34(3,19-45)44(4)5/h8,10-11,17,21-22H,12-13,15-16,18-19H2,1-6H3/t21-,22?/m1/s1. The number of carbonyl (C=O) groups is 1. The van der Waals surface area contributed by atoms with Gasteiger partial charge in [-0.1, -0.05) is 29.3 Å². The molecule has 2 aromatic heterocycles. The Morgan fingerprint density at radius 3 is 2.59 bits per heavy atom. The molecule has 4 heterocycles. The first-order chi connectivity index (χ1) is 23.2. The molecule has 14 heteroatoms. The van der Waals surface area contributed by atoms with Crippen molar-refractivity contribution in [3.05, 3.63) is 41.2 Å². The number of aromatic nitrogens is 4. The summed E-state index contributed by atoms with van der Waals surface area (Å²) < 4.78 is 68.9. The summed E-state index contributed by atoms with van der Waals surface area (Å²) in [7, 11) is 5.25. The number of alkyl halides is 3. The van der Waals surface area contributed by atoms with Gasteiger partial charge < -0.3 is 19.4 Å². The number of nitriles is 1. The molecule has 2 fully saturated rings. The zero-order chi connectivity index (χ0) is 35.4. The number of methoxy groups -OCH3 is 1. The number of halogens is 4. The van der Waals surface area contributed by atoms with Crippen LogP contribution >= 0.6 is 0 Å². The molecule has 6 rings (SSSR count). The van der Waals surface area contributed by atoms with E-state index in [0.29, 0.717) is 30.9 Å². The van der Waals surface area contributed by atoms with Crippen LogP contribution in [0.3, 0.4) is 0 Å². The Morgan fingerprint density at radius 2 is 1.96 bits per heavy atom. The van der Waals surface area contributed by atoms with E-state index in [-0.39, 0.29) is 58.2 Å². The molecule has 10 nitrogen and oxygen atoms in total. The Balaban J connectivity index is 1.62. The van der Waals surface area contributed by atoms with Gasteiger partial charge in [0.25, 0.3) is 5.91 Å². The van der Waals surface area contributed by atoms with Crippen LogP contribution in [0.2, 0.25) is 0 Å². The summed E-state index contributed by atoms with van der Waals surface area (Å²) in [4.78, 5) is 23.0. The lowest BCUT2D eigenvalue weighted by Crippen LogP contribution is -2.67. The third-order valence-corrected chi connectivity index (χ3v) is 9.91. The lowest BCUT2D eigenvalue weighted by molar-refractivity contribution is -0.137. The molecule has 49 heavy (non-hydrogen) atoms. The van der Waals surface area contributed by atoms with Crippen LogP contribution in [-0.2, 0) is 11.0 Å². The smallest absolute Gasteiger partial charge is 0.417 e. The van der Waals surface area contributed by atoms with Gasteiger partial charge in [0, 0.05) is 42.2 Å². The molecule has 256 valence electrons. The van der Waals surface area contributed by atoms with Gasteiger partial charge in [0.1, 0.15) is 16.8 Å². The van der Waals surface area contributed by atoms with Gasteiger partial charge in [-0.05, 0) is 65.3 Å². The minimum Gasteiger partial charge on any atom is -0.496 e. The number of likely N-dealkylation sites (N-methyl/N-ethyl adjacent to an activating group) is 1. The summed E-state index contributed by atoms with van der Waals surface area (Å²) in [6.45, 7) is 6.58. The zero-order valence-electron chi connectivity index (χ0n) is 28.1. The Bertz CT molecular complexity index is 2070. The normalized spacial score (nSPS) is 19.1. The van der Waals surface area contributed by atoms with Crippen LogP contribution in [0.4, 0.5) is 23.4 Å². The molecule has 2 aliphatic rings. The molecular weight excluding hydrogens is 640 g/mol. The van der Waals surface area contributed by atoms with Crippen molar-refractivity contribution in [2.45, 2.75) is 63.8 Å². The van der Waals surface area contributed by atoms with Crippen LogP contribution < -0.4 is 9.64 Å². The number of carbonyl (C=O) groups excluding carboxylic acids is 1. The van der Waals surface area contributed by atoms with Gasteiger partial charge in [0.2, 0.25) is 0 Å². The van der Waals surface area contributed by atoms with E-state index in [1.165, 1.54) is 17.9 Å². The van der Waals surface area contributed by atoms with Gasteiger partial charge in [-0.15, -0.1) is 5.10 Å². The Labute approximate surface area is 281 Å². The fourth-order valence-electron chi connectivity index (χ4n) is 7.07. The molecule has 0 N–H and O–H groups in total. The van der Waals surface area contributed by atoms with E-state index in [2.05, 4.69) is 40.0 Å². The number of anilines is 1. The second-order valence-corrected chi connectivity index (χ2v) is 13.1. The number of rotatable bonds is 6.